The summed E-state index contributed by atoms with van der Waals surface area (Å²) in [5.41, 5.74) is 4.48. The van der Waals surface area contributed by atoms with E-state index in [9.17, 15) is 0 Å². The largest absolute Gasteiger partial charge is 0.490 e. The Balaban J connectivity index is 1.09. The molecule has 1 unspecified atom stereocenters. The first kappa shape index (κ1) is 37.5. The molecule has 50 heavy (non-hydrogen) atoms. The lowest BCUT2D eigenvalue weighted by Crippen LogP contribution is -2.37. The molecule has 0 aliphatic carbocycles. The van der Waals surface area contributed by atoms with Gasteiger partial charge in [-0.05, 0) is 126 Å². The highest BCUT2D eigenvalue weighted by Gasteiger charge is 2.44. The monoisotopic (exact) mass is 695 g/mol. The number of unbranched alkanes of at least 4 members (excludes halogenated alkanes) is 6. The van der Waals surface area contributed by atoms with Crippen molar-refractivity contribution in [2.75, 3.05) is 19.4 Å². The molecule has 0 saturated heterocycles. The van der Waals surface area contributed by atoms with Gasteiger partial charge in [-0.2, -0.15) is 4.89 Å². The van der Waals surface area contributed by atoms with Crippen LogP contribution in [0.2, 0.25) is 0 Å². The van der Waals surface area contributed by atoms with Crippen molar-refractivity contribution in [3.8, 4) is 11.5 Å². The molecule has 0 fully saturated rings. The lowest BCUT2D eigenvalue weighted by molar-refractivity contribution is -0.288. The van der Waals surface area contributed by atoms with Gasteiger partial charge in [0.15, 0.2) is 0 Å². The molecule has 0 bridgehead atoms. The second-order valence-electron chi connectivity index (χ2n) is 14.0. The van der Waals surface area contributed by atoms with Crippen LogP contribution in [0.4, 0.5) is 0 Å². The molecule has 4 aromatic carbocycles. The summed E-state index contributed by atoms with van der Waals surface area (Å²) in [7, 11) is -1.73. The molecule has 266 valence electrons. The fourth-order valence-corrected chi connectivity index (χ4v) is 12.0. The molecule has 1 heterocycles. The Morgan fingerprint density at radius 3 is 1.78 bits per heavy atom. The summed E-state index contributed by atoms with van der Waals surface area (Å²) in [6, 6.07) is 33.8. The fourth-order valence-electron chi connectivity index (χ4n) is 7.58. The van der Waals surface area contributed by atoms with E-state index in [-0.39, 0.29) is 12.2 Å². The molecule has 0 aromatic heterocycles. The first-order chi connectivity index (χ1) is 24.2. The zero-order valence-electron chi connectivity index (χ0n) is 30.6. The van der Waals surface area contributed by atoms with Crippen LogP contribution in [0.3, 0.4) is 0 Å². The number of aliphatic hydroxyl groups excluding tert-OH is 1. The van der Waals surface area contributed by atoms with E-state index in [2.05, 4.69) is 130 Å². The molecule has 1 N–H and O–H groups in total. The van der Waals surface area contributed by atoms with E-state index in [1.165, 1.54) is 72.6 Å². The number of benzene rings is 4. The summed E-state index contributed by atoms with van der Waals surface area (Å²) in [4.78, 5) is 9.47. The van der Waals surface area contributed by atoms with Crippen molar-refractivity contribution in [2.24, 2.45) is 0 Å². The maximum atomic E-state index is 9.01. The van der Waals surface area contributed by atoms with E-state index < -0.39 is 13.2 Å². The number of hydrogen-bond donors (Lipinski definition) is 1. The molecular weight excluding hydrogens is 639 g/mol. The summed E-state index contributed by atoms with van der Waals surface area (Å²) in [5.74, 6) is 1.45. The van der Waals surface area contributed by atoms with Gasteiger partial charge in [-0.15, -0.1) is 0 Å². The highest BCUT2D eigenvalue weighted by molar-refractivity contribution is 7.95. The molecule has 1 atom stereocenters. The molecule has 6 heteroatoms. The van der Waals surface area contributed by atoms with Crippen LogP contribution >= 0.6 is 7.26 Å². The lowest BCUT2D eigenvalue weighted by Gasteiger charge is -2.38. The summed E-state index contributed by atoms with van der Waals surface area (Å²) >= 11 is 0. The molecule has 0 amide bonds. The van der Waals surface area contributed by atoms with Gasteiger partial charge in [0.2, 0.25) is 0 Å². The van der Waals surface area contributed by atoms with Crippen molar-refractivity contribution >= 4 is 23.2 Å². The van der Waals surface area contributed by atoms with Crippen LogP contribution in [0.1, 0.15) is 87.0 Å². The normalized spacial score (nSPS) is 15.6. The van der Waals surface area contributed by atoms with Gasteiger partial charge in [0.25, 0.3) is 0 Å². The third-order valence-electron chi connectivity index (χ3n) is 10.4. The predicted octanol–water partition coefficient (Wildman–Crippen LogP) is 10.2. The quantitative estimate of drug-likeness (QED) is 0.0348. The molecule has 0 spiro atoms. The minimum Gasteiger partial charge on any atom is -0.490 e. The summed E-state index contributed by atoms with van der Waals surface area (Å²) in [6.07, 6.45) is 13.1. The third-order valence-corrected chi connectivity index (χ3v) is 14.9. The maximum absolute atomic E-state index is 9.01. The fraction of sp³-hybridized carbons (Fsp3) is 0.409. The average molecular weight is 696 g/mol. The number of rotatable bonds is 19. The second-order valence-corrected chi connectivity index (χ2v) is 17.6. The van der Waals surface area contributed by atoms with Gasteiger partial charge in [-0.25, -0.2) is 0 Å². The molecule has 1 aliphatic rings. The van der Waals surface area contributed by atoms with Crippen molar-refractivity contribution in [3.05, 3.63) is 126 Å². The summed E-state index contributed by atoms with van der Waals surface area (Å²) in [5, 5.41) is 13.5. The Hall–Kier alpha value is -3.79. The topological polar surface area (TPSA) is 57.2 Å². The van der Waals surface area contributed by atoms with Gasteiger partial charge in [0.05, 0.1) is 6.16 Å². The van der Waals surface area contributed by atoms with Crippen molar-refractivity contribution < 1.29 is 24.4 Å². The molecule has 0 radical (unpaired) electrons. The Labute approximate surface area is 300 Å². The zero-order valence-corrected chi connectivity index (χ0v) is 31.5. The van der Waals surface area contributed by atoms with Gasteiger partial charge >= 0.3 is 5.95 Å². The van der Waals surface area contributed by atoms with E-state index in [1.54, 1.807) is 0 Å². The van der Waals surface area contributed by atoms with Crippen molar-refractivity contribution in [3.63, 3.8) is 0 Å². The standard InChI is InChI=1S/C44H55O5P/c1-34-35(2)43-41(36(3)42(34)46-31-32-47-49-37(4)45)28-30-44(5,48-43)29-20-9-7-6-8-10-21-33-50(38-22-14-11-15-23-38,39-24-16-12-17-25-39)40-26-18-13-19-27-40/h11-19,22-27H,4,6-10,20-21,28-33H2,1-3,5H3/p+1. The molecule has 0 saturated carbocycles. The summed E-state index contributed by atoms with van der Waals surface area (Å²) < 4.78 is 12.9. The van der Waals surface area contributed by atoms with Crippen LogP contribution in [0, 0.1) is 20.8 Å². The number of aliphatic hydroxyl groups is 1. The second kappa shape index (κ2) is 17.9. The predicted molar refractivity (Wildman–Crippen MR) is 209 cm³/mol. The molecule has 1 aliphatic heterocycles. The van der Waals surface area contributed by atoms with E-state index in [0.717, 1.165) is 47.5 Å². The third kappa shape index (κ3) is 9.11. The van der Waals surface area contributed by atoms with E-state index >= 15 is 0 Å². The van der Waals surface area contributed by atoms with Crippen LogP contribution in [-0.2, 0) is 16.2 Å². The van der Waals surface area contributed by atoms with Crippen LogP contribution in [0.5, 0.6) is 11.5 Å². The number of ether oxygens (including phenoxy) is 2. The molecular formula is C44H56O5P+. The van der Waals surface area contributed by atoms with Crippen LogP contribution in [-0.4, -0.2) is 30.1 Å². The van der Waals surface area contributed by atoms with Gasteiger partial charge in [0.1, 0.15) is 53.5 Å². The Bertz CT molecular complexity index is 1560. The van der Waals surface area contributed by atoms with E-state index in [0.29, 0.717) is 6.61 Å². The maximum Gasteiger partial charge on any atom is 0.307 e. The van der Waals surface area contributed by atoms with Crippen LogP contribution in [0.15, 0.2) is 104 Å². The first-order valence-electron chi connectivity index (χ1n) is 18.4. The highest BCUT2D eigenvalue weighted by atomic mass is 31.2. The minimum atomic E-state index is -1.73. The Kier molecular flexibility index (Phi) is 13.4. The number of hydrogen-bond acceptors (Lipinski definition) is 5. The first-order valence-corrected chi connectivity index (χ1v) is 20.4. The average Bonchev–Trinajstić information content (AvgIpc) is 3.13. The van der Waals surface area contributed by atoms with Crippen molar-refractivity contribution in [1.82, 2.24) is 0 Å². The highest BCUT2D eigenvalue weighted by Crippen LogP contribution is 2.56. The zero-order chi connectivity index (χ0) is 35.4. The Morgan fingerprint density at radius 2 is 1.24 bits per heavy atom. The van der Waals surface area contributed by atoms with Gasteiger partial charge in [0, 0.05) is 5.56 Å². The summed E-state index contributed by atoms with van der Waals surface area (Å²) in [6.45, 7) is 12.4. The Morgan fingerprint density at radius 1 is 0.720 bits per heavy atom. The van der Waals surface area contributed by atoms with E-state index in [1.807, 2.05) is 0 Å². The molecule has 4 aromatic rings. The minimum absolute atomic E-state index is 0.143. The van der Waals surface area contributed by atoms with Crippen LogP contribution in [0.25, 0.3) is 0 Å². The van der Waals surface area contributed by atoms with Crippen molar-refractivity contribution in [2.45, 2.75) is 97.5 Å². The van der Waals surface area contributed by atoms with Gasteiger partial charge < -0.3 is 14.6 Å². The number of fused-ring (bicyclic) bond motifs is 1. The molecule has 5 nitrogen and oxygen atoms in total. The SMILES string of the molecule is C=C(O)OOCCOc1c(C)c(C)c2c(c1C)CCC(C)(CCCCCCCCC[P+](c1ccccc1)(c1ccccc1)c1ccccc1)O2. The smallest absolute Gasteiger partial charge is 0.307 e. The van der Waals surface area contributed by atoms with Gasteiger partial charge in [-0.1, -0.05) is 80.3 Å². The van der Waals surface area contributed by atoms with Crippen molar-refractivity contribution in [1.29, 1.82) is 0 Å². The lowest BCUT2D eigenvalue weighted by atomic mass is 9.84. The van der Waals surface area contributed by atoms with Gasteiger partial charge in [-0.3, -0.25) is 4.89 Å². The molecule has 5 rings (SSSR count). The van der Waals surface area contributed by atoms with E-state index in [4.69, 9.17) is 19.5 Å². The van der Waals surface area contributed by atoms with Crippen LogP contribution < -0.4 is 25.4 Å².